The summed E-state index contributed by atoms with van der Waals surface area (Å²) >= 11 is 12.0. The lowest BCUT2D eigenvalue weighted by molar-refractivity contribution is 0.629. The first kappa shape index (κ1) is 20.4. The van der Waals surface area contributed by atoms with Crippen LogP contribution in [0, 0.1) is 0 Å². The molecule has 0 N–H and O–H groups in total. The zero-order valence-electron chi connectivity index (χ0n) is 16.6. The third-order valence-electron chi connectivity index (χ3n) is 5.16. The molecule has 2 aromatic carbocycles. The van der Waals surface area contributed by atoms with Crippen LogP contribution in [0.5, 0.6) is 0 Å². The lowest BCUT2D eigenvalue weighted by Gasteiger charge is -2.12. The van der Waals surface area contributed by atoms with Crippen molar-refractivity contribution in [2.45, 2.75) is 26.4 Å². The third-order valence-corrected chi connectivity index (χ3v) is 5.66. The normalized spacial score (nSPS) is 11.3. The summed E-state index contributed by atoms with van der Waals surface area (Å²) in [6.07, 6.45) is 0.650. The minimum Gasteiger partial charge on any atom is -0.325 e. The van der Waals surface area contributed by atoms with Crippen molar-refractivity contribution >= 4 is 34.4 Å². The van der Waals surface area contributed by atoms with Crippen LogP contribution in [0.1, 0.15) is 23.9 Å². The maximum atomic E-state index is 13.4. The highest BCUT2D eigenvalue weighted by Crippen LogP contribution is 2.15. The number of rotatable bonds is 5. The second-order valence-electron chi connectivity index (χ2n) is 7.13. The Morgan fingerprint density at radius 2 is 1.33 bits per heavy atom. The average molecular weight is 443 g/mol. The van der Waals surface area contributed by atoms with E-state index in [2.05, 4.69) is 4.98 Å². The van der Waals surface area contributed by atoms with Gasteiger partial charge in [-0.15, -0.1) is 0 Å². The summed E-state index contributed by atoms with van der Waals surface area (Å²) in [5.74, 6) is 0.746. The number of imidazole rings is 1. The Hall–Kier alpha value is -2.83. The molecule has 0 fully saturated rings. The third kappa shape index (κ3) is 3.68. The fourth-order valence-corrected chi connectivity index (χ4v) is 3.80. The summed E-state index contributed by atoms with van der Waals surface area (Å²) in [4.78, 5) is 31.2. The molecule has 0 aliphatic heterocycles. The van der Waals surface area contributed by atoms with E-state index in [-0.39, 0.29) is 18.6 Å². The van der Waals surface area contributed by atoms with Gasteiger partial charge in [0.25, 0.3) is 5.56 Å². The first-order valence-electron chi connectivity index (χ1n) is 9.57. The zero-order valence-corrected chi connectivity index (χ0v) is 18.1. The van der Waals surface area contributed by atoms with E-state index >= 15 is 0 Å². The van der Waals surface area contributed by atoms with Crippen molar-refractivity contribution in [1.29, 1.82) is 0 Å². The van der Waals surface area contributed by atoms with Gasteiger partial charge in [0.2, 0.25) is 0 Å². The second kappa shape index (κ2) is 8.13. The van der Waals surface area contributed by atoms with Gasteiger partial charge in [0.05, 0.1) is 13.1 Å². The molecule has 4 rings (SSSR count). The van der Waals surface area contributed by atoms with Crippen molar-refractivity contribution in [3.63, 3.8) is 0 Å². The Balaban J connectivity index is 1.94. The van der Waals surface area contributed by atoms with E-state index in [1.54, 1.807) is 40.4 Å². The van der Waals surface area contributed by atoms with Crippen LogP contribution in [-0.4, -0.2) is 18.7 Å². The molecule has 2 heterocycles. The SMILES string of the molecule is CCc1nc2c(c(=O)n(Cc3ccc(Cl)cc3)c(=O)n2Cc2ccc(Cl)cc2)n1C. The molecule has 0 unspecified atom stereocenters. The van der Waals surface area contributed by atoms with Gasteiger partial charge in [0.1, 0.15) is 5.82 Å². The van der Waals surface area contributed by atoms with Crippen molar-refractivity contribution in [1.82, 2.24) is 18.7 Å². The smallest absolute Gasteiger partial charge is 0.325 e. The molecule has 154 valence electrons. The summed E-state index contributed by atoms with van der Waals surface area (Å²) in [5, 5.41) is 1.22. The highest BCUT2D eigenvalue weighted by Gasteiger charge is 2.20. The van der Waals surface area contributed by atoms with Crippen molar-refractivity contribution in [2.24, 2.45) is 7.05 Å². The quantitative estimate of drug-likeness (QED) is 0.471. The molecule has 2 aromatic heterocycles. The number of nitrogens with zero attached hydrogens (tertiary/aromatic N) is 4. The molecule has 0 amide bonds. The van der Waals surface area contributed by atoms with Crippen LogP contribution in [0.3, 0.4) is 0 Å². The zero-order chi connectivity index (χ0) is 21.4. The van der Waals surface area contributed by atoms with Crippen LogP contribution in [0.4, 0.5) is 0 Å². The topological polar surface area (TPSA) is 61.8 Å². The first-order chi connectivity index (χ1) is 14.4. The number of fused-ring (bicyclic) bond motifs is 1. The molecule has 0 saturated heterocycles. The van der Waals surface area contributed by atoms with Gasteiger partial charge >= 0.3 is 5.69 Å². The highest BCUT2D eigenvalue weighted by molar-refractivity contribution is 6.30. The maximum absolute atomic E-state index is 13.4. The van der Waals surface area contributed by atoms with Crippen LogP contribution < -0.4 is 11.2 Å². The molecule has 0 spiro atoms. The van der Waals surface area contributed by atoms with E-state index in [9.17, 15) is 9.59 Å². The molecule has 4 aromatic rings. The Labute approximate surface area is 182 Å². The lowest BCUT2D eigenvalue weighted by Crippen LogP contribution is -2.41. The van der Waals surface area contributed by atoms with E-state index in [1.807, 2.05) is 31.2 Å². The predicted molar refractivity (Wildman–Crippen MR) is 120 cm³/mol. The Morgan fingerprint density at radius 1 is 0.833 bits per heavy atom. The molecule has 0 bridgehead atoms. The molecule has 0 aliphatic rings. The summed E-state index contributed by atoms with van der Waals surface area (Å²) in [6.45, 7) is 2.40. The van der Waals surface area contributed by atoms with Gasteiger partial charge in [-0.3, -0.25) is 13.9 Å². The van der Waals surface area contributed by atoms with E-state index in [0.717, 1.165) is 17.0 Å². The summed E-state index contributed by atoms with van der Waals surface area (Å²) in [6, 6.07) is 14.4. The number of benzene rings is 2. The molecule has 0 radical (unpaired) electrons. The van der Waals surface area contributed by atoms with Crippen LogP contribution >= 0.6 is 23.2 Å². The molecular formula is C22H20Cl2N4O2. The Morgan fingerprint density at radius 3 is 1.83 bits per heavy atom. The van der Waals surface area contributed by atoms with Gasteiger partial charge in [-0.2, -0.15) is 0 Å². The van der Waals surface area contributed by atoms with Crippen LogP contribution in [-0.2, 0) is 26.6 Å². The number of aryl methyl sites for hydroxylation is 2. The Kier molecular flexibility index (Phi) is 5.54. The number of halogens is 2. The number of hydrogen-bond acceptors (Lipinski definition) is 3. The highest BCUT2D eigenvalue weighted by atomic mass is 35.5. The lowest BCUT2D eigenvalue weighted by atomic mass is 10.2. The maximum Gasteiger partial charge on any atom is 0.333 e. The Bertz CT molecular complexity index is 1330. The van der Waals surface area contributed by atoms with E-state index in [1.165, 1.54) is 4.57 Å². The largest absolute Gasteiger partial charge is 0.333 e. The average Bonchev–Trinajstić information content (AvgIpc) is 3.07. The van der Waals surface area contributed by atoms with Gasteiger partial charge in [0.15, 0.2) is 11.2 Å². The van der Waals surface area contributed by atoms with Crippen molar-refractivity contribution in [3.05, 3.63) is 96.4 Å². The number of hydrogen-bond donors (Lipinski definition) is 0. The molecule has 8 heteroatoms. The van der Waals surface area contributed by atoms with Gasteiger partial charge in [-0.1, -0.05) is 54.4 Å². The summed E-state index contributed by atoms with van der Waals surface area (Å²) in [7, 11) is 1.80. The molecular weight excluding hydrogens is 423 g/mol. The van der Waals surface area contributed by atoms with Gasteiger partial charge in [-0.05, 0) is 35.4 Å². The van der Waals surface area contributed by atoms with Crippen LogP contribution in [0.15, 0.2) is 58.1 Å². The van der Waals surface area contributed by atoms with Crippen molar-refractivity contribution in [3.8, 4) is 0 Å². The van der Waals surface area contributed by atoms with E-state index < -0.39 is 5.69 Å². The first-order valence-corrected chi connectivity index (χ1v) is 10.3. The predicted octanol–water partition coefficient (Wildman–Crippen LogP) is 3.86. The fourth-order valence-electron chi connectivity index (χ4n) is 3.55. The van der Waals surface area contributed by atoms with Crippen molar-refractivity contribution in [2.75, 3.05) is 0 Å². The van der Waals surface area contributed by atoms with Crippen molar-refractivity contribution < 1.29 is 0 Å². The summed E-state index contributed by atoms with van der Waals surface area (Å²) in [5.41, 5.74) is 1.75. The number of aromatic nitrogens is 4. The van der Waals surface area contributed by atoms with Crippen LogP contribution in [0.25, 0.3) is 11.2 Å². The molecule has 0 saturated carbocycles. The van der Waals surface area contributed by atoms with Crippen LogP contribution in [0.2, 0.25) is 10.0 Å². The molecule has 0 atom stereocenters. The molecule has 30 heavy (non-hydrogen) atoms. The van der Waals surface area contributed by atoms with Gasteiger partial charge in [0, 0.05) is 23.5 Å². The minimum absolute atomic E-state index is 0.151. The van der Waals surface area contributed by atoms with Gasteiger partial charge < -0.3 is 4.57 Å². The van der Waals surface area contributed by atoms with Gasteiger partial charge in [-0.25, -0.2) is 9.78 Å². The van der Waals surface area contributed by atoms with E-state index in [0.29, 0.717) is 27.6 Å². The standard InChI is InChI=1S/C22H20Cl2N4O2/c1-3-18-25-20-19(26(18)2)21(29)28(13-15-6-10-17(24)11-7-15)22(30)27(20)12-14-4-8-16(23)9-5-14/h4-11H,3,12-13H2,1-2H3. The molecule has 6 nitrogen and oxygen atoms in total. The fraction of sp³-hybridized carbons (Fsp3) is 0.227. The monoisotopic (exact) mass is 442 g/mol. The van der Waals surface area contributed by atoms with E-state index in [4.69, 9.17) is 23.2 Å². The molecule has 0 aliphatic carbocycles. The minimum atomic E-state index is -0.404. The summed E-state index contributed by atoms with van der Waals surface area (Å²) < 4.78 is 4.57. The second-order valence-corrected chi connectivity index (χ2v) is 8.00.